The highest BCUT2D eigenvalue weighted by Crippen LogP contribution is 2.39. The molecule has 1 rings (SSSR count). The number of ether oxygens (including phenoxy) is 4. The van der Waals surface area contributed by atoms with Crippen molar-refractivity contribution in [1.82, 2.24) is 5.32 Å². The largest absolute Gasteiger partial charge is 0.490 e. The maximum Gasteiger partial charge on any atom is 0.339 e. The van der Waals surface area contributed by atoms with Gasteiger partial charge >= 0.3 is 5.97 Å². The van der Waals surface area contributed by atoms with E-state index in [1.165, 1.54) is 19.1 Å². The molecule has 0 saturated heterocycles. The fraction of sp³-hybridized carbons (Fsp3) is 0.474. The van der Waals surface area contributed by atoms with Gasteiger partial charge in [0, 0.05) is 6.54 Å². The lowest BCUT2D eigenvalue weighted by Gasteiger charge is -2.18. The zero-order valence-corrected chi connectivity index (χ0v) is 15.8. The van der Waals surface area contributed by atoms with Crippen LogP contribution in [0.15, 0.2) is 24.8 Å². The Balaban J connectivity index is 3.08. The topological polar surface area (TPSA) is 83.1 Å². The van der Waals surface area contributed by atoms with Crippen molar-refractivity contribution in [2.75, 3.05) is 26.4 Å². The summed E-state index contributed by atoms with van der Waals surface area (Å²) in [6, 6.07) is 3.04. The van der Waals surface area contributed by atoms with Crippen LogP contribution in [0.1, 0.15) is 38.1 Å². The van der Waals surface area contributed by atoms with Gasteiger partial charge in [0.15, 0.2) is 17.6 Å². The second-order valence-electron chi connectivity index (χ2n) is 5.18. The van der Waals surface area contributed by atoms with Crippen LogP contribution in [-0.4, -0.2) is 44.3 Å². The van der Waals surface area contributed by atoms with Crippen LogP contribution in [0.25, 0.3) is 0 Å². The number of hydrogen-bond donors (Lipinski definition) is 1. The Bertz CT molecular complexity index is 601. The molecule has 0 radical (unpaired) electrons. The summed E-state index contributed by atoms with van der Waals surface area (Å²) in [7, 11) is 0. The maximum atomic E-state index is 12.4. The molecule has 7 nitrogen and oxygen atoms in total. The molecule has 26 heavy (non-hydrogen) atoms. The zero-order valence-electron chi connectivity index (χ0n) is 15.8. The smallest absolute Gasteiger partial charge is 0.339 e. The molecule has 1 aromatic carbocycles. The third-order valence-corrected chi connectivity index (χ3v) is 3.22. The molecule has 0 heterocycles. The predicted octanol–water partition coefficient (Wildman–Crippen LogP) is 2.73. The Morgan fingerprint density at radius 3 is 2.08 bits per heavy atom. The van der Waals surface area contributed by atoms with Gasteiger partial charge in [-0.25, -0.2) is 4.79 Å². The standard InChI is InChI=1S/C19H27NO6/c1-6-10-20-18(21)13(5)26-19(22)14-11-15(23-7-2)17(25-9-4)16(12-14)24-8-3/h6,11-13H,1,7-10H2,2-5H3,(H,20,21). The lowest BCUT2D eigenvalue weighted by Crippen LogP contribution is -2.35. The van der Waals surface area contributed by atoms with Crippen molar-refractivity contribution in [3.63, 3.8) is 0 Å². The van der Waals surface area contributed by atoms with Crippen molar-refractivity contribution >= 4 is 11.9 Å². The fourth-order valence-corrected chi connectivity index (χ4v) is 2.11. The van der Waals surface area contributed by atoms with Crippen molar-refractivity contribution in [2.45, 2.75) is 33.8 Å². The average molecular weight is 365 g/mol. The first-order valence-electron chi connectivity index (χ1n) is 8.64. The SMILES string of the molecule is C=CCNC(=O)C(C)OC(=O)c1cc(OCC)c(OCC)c(OCC)c1. The van der Waals surface area contributed by atoms with Crippen LogP contribution in [0, 0.1) is 0 Å². The Hall–Kier alpha value is -2.70. The Kier molecular flexibility index (Phi) is 9.05. The number of carbonyl (C=O) groups is 2. The molecule has 1 atom stereocenters. The molecular weight excluding hydrogens is 338 g/mol. The van der Waals surface area contributed by atoms with Gasteiger partial charge in [-0.1, -0.05) is 6.08 Å². The summed E-state index contributed by atoms with van der Waals surface area (Å²) in [5, 5.41) is 2.57. The number of hydrogen-bond acceptors (Lipinski definition) is 6. The minimum absolute atomic E-state index is 0.212. The molecule has 1 unspecified atom stereocenters. The van der Waals surface area contributed by atoms with E-state index in [0.29, 0.717) is 43.6 Å². The Morgan fingerprint density at radius 2 is 1.62 bits per heavy atom. The van der Waals surface area contributed by atoms with Crippen molar-refractivity contribution in [1.29, 1.82) is 0 Å². The van der Waals surface area contributed by atoms with Gasteiger partial charge in [-0.15, -0.1) is 6.58 Å². The molecule has 0 aliphatic heterocycles. The summed E-state index contributed by atoms with van der Waals surface area (Å²) in [5.74, 6) is 0.145. The fourth-order valence-electron chi connectivity index (χ4n) is 2.11. The summed E-state index contributed by atoms with van der Waals surface area (Å²) < 4.78 is 22.0. The molecule has 0 aliphatic rings. The predicted molar refractivity (Wildman–Crippen MR) is 98.0 cm³/mol. The quantitative estimate of drug-likeness (QED) is 0.480. The van der Waals surface area contributed by atoms with E-state index in [0.717, 1.165) is 0 Å². The maximum absolute atomic E-state index is 12.4. The molecule has 0 aromatic heterocycles. The van der Waals surface area contributed by atoms with Crippen molar-refractivity contribution in [2.24, 2.45) is 0 Å². The molecular formula is C19H27NO6. The first-order chi connectivity index (χ1) is 12.5. The Labute approximate surface area is 154 Å². The van der Waals surface area contributed by atoms with Crippen LogP contribution in [-0.2, 0) is 9.53 Å². The third-order valence-electron chi connectivity index (χ3n) is 3.22. The van der Waals surface area contributed by atoms with Gasteiger partial charge in [0.05, 0.1) is 25.4 Å². The Morgan fingerprint density at radius 1 is 1.08 bits per heavy atom. The van der Waals surface area contributed by atoms with E-state index in [1.807, 2.05) is 20.8 Å². The molecule has 7 heteroatoms. The lowest BCUT2D eigenvalue weighted by atomic mass is 10.1. The number of nitrogens with one attached hydrogen (secondary N) is 1. The van der Waals surface area contributed by atoms with E-state index in [4.69, 9.17) is 18.9 Å². The normalized spacial score (nSPS) is 11.2. The van der Waals surface area contributed by atoms with Crippen LogP contribution >= 0.6 is 0 Å². The highest BCUT2D eigenvalue weighted by Gasteiger charge is 2.22. The van der Waals surface area contributed by atoms with E-state index >= 15 is 0 Å². The van der Waals surface area contributed by atoms with Crippen LogP contribution in [0.3, 0.4) is 0 Å². The number of carbonyl (C=O) groups excluding carboxylic acids is 2. The van der Waals surface area contributed by atoms with E-state index in [9.17, 15) is 9.59 Å². The monoisotopic (exact) mass is 365 g/mol. The van der Waals surface area contributed by atoms with Crippen LogP contribution < -0.4 is 19.5 Å². The highest BCUT2D eigenvalue weighted by atomic mass is 16.6. The average Bonchev–Trinajstić information content (AvgIpc) is 2.62. The van der Waals surface area contributed by atoms with Crippen LogP contribution in [0.4, 0.5) is 0 Å². The first-order valence-corrected chi connectivity index (χ1v) is 8.64. The number of amides is 1. The van der Waals surface area contributed by atoms with Gasteiger partial charge in [-0.2, -0.15) is 0 Å². The van der Waals surface area contributed by atoms with Gasteiger partial charge in [-0.05, 0) is 39.8 Å². The summed E-state index contributed by atoms with van der Waals surface area (Å²) in [4.78, 5) is 24.3. The molecule has 1 N–H and O–H groups in total. The van der Waals surface area contributed by atoms with Crippen molar-refractivity contribution in [3.05, 3.63) is 30.4 Å². The number of esters is 1. The van der Waals surface area contributed by atoms with E-state index in [-0.39, 0.29) is 5.56 Å². The van der Waals surface area contributed by atoms with Crippen LogP contribution in [0.5, 0.6) is 17.2 Å². The first kappa shape index (κ1) is 21.3. The molecule has 0 fully saturated rings. The van der Waals surface area contributed by atoms with Crippen molar-refractivity contribution in [3.8, 4) is 17.2 Å². The van der Waals surface area contributed by atoms with Gasteiger partial charge < -0.3 is 24.3 Å². The molecule has 144 valence electrons. The molecule has 1 aromatic rings. The molecule has 0 spiro atoms. The molecule has 1 amide bonds. The van der Waals surface area contributed by atoms with Crippen LogP contribution in [0.2, 0.25) is 0 Å². The summed E-state index contributed by atoms with van der Waals surface area (Å²) in [6.07, 6.45) is 0.599. The molecule has 0 saturated carbocycles. The second-order valence-corrected chi connectivity index (χ2v) is 5.18. The second kappa shape index (κ2) is 11.0. The van der Waals surface area contributed by atoms with E-state index in [1.54, 1.807) is 6.08 Å². The minimum atomic E-state index is -0.944. The molecule has 0 aliphatic carbocycles. The van der Waals surface area contributed by atoms with Crippen molar-refractivity contribution < 1.29 is 28.5 Å². The summed E-state index contributed by atoms with van der Waals surface area (Å²) in [5.41, 5.74) is 0.212. The summed E-state index contributed by atoms with van der Waals surface area (Å²) in [6.45, 7) is 12.0. The van der Waals surface area contributed by atoms with Gasteiger partial charge in [0.25, 0.3) is 5.91 Å². The minimum Gasteiger partial charge on any atom is -0.490 e. The zero-order chi connectivity index (χ0) is 19.5. The number of benzene rings is 1. The van der Waals surface area contributed by atoms with E-state index < -0.39 is 18.0 Å². The van der Waals surface area contributed by atoms with Gasteiger partial charge in [-0.3, -0.25) is 4.79 Å². The third kappa shape index (κ3) is 5.98. The molecule has 0 bridgehead atoms. The summed E-state index contributed by atoms with van der Waals surface area (Å²) >= 11 is 0. The highest BCUT2D eigenvalue weighted by molar-refractivity contribution is 5.93. The van der Waals surface area contributed by atoms with Gasteiger partial charge in [0.1, 0.15) is 0 Å². The lowest BCUT2D eigenvalue weighted by molar-refractivity contribution is -0.128. The van der Waals surface area contributed by atoms with Gasteiger partial charge in [0.2, 0.25) is 5.75 Å². The van der Waals surface area contributed by atoms with E-state index in [2.05, 4.69) is 11.9 Å². The number of rotatable bonds is 11.